The van der Waals surface area contributed by atoms with Gasteiger partial charge in [-0.1, -0.05) is 33.6 Å². The normalized spacial score (nSPS) is 14.9. The third kappa shape index (κ3) is 8.25. The first-order valence-electron chi connectivity index (χ1n) is 7.30. The van der Waals surface area contributed by atoms with E-state index in [9.17, 15) is 4.57 Å². The minimum atomic E-state index is -2.93. The maximum absolute atomic E-state index is 12.5. The summed E-state index contributed by atoms with van der Waals surface area (Å²) >= 11 is 0. The van der Waals surface area contributed by atoms with Crippen molar-refractivity contribution >= 4 is 7.60 Å². The second-order valence-corrected chi connectivity index (χ2v) is 6.56. The van der Waals surface area contributed by atoms with Crippen molar-refractivity contribution < 1.29 is 13.7 Å². The first-order chi connectivity index (χ1) is 8.61. The smallest absolute Gasteiger partial charge is 0.308 e. The van der Waals surface area contributed by atoms with E-state index in [1.165, 1.54) is 0 Å². The maximum Gasteiger partial charge on any atom is 0.347 e. The zero-order valence-corrected chi connectivity index (χ0v) is 13.4. The molecule has 0 aliphatic carbocycles. The van der Waals surface area contributed by atoms with Crippen molar-refractivity contribution in [1.82, 2.24) is 5.06 Å². The monoisotopic (exact) mass is 279 g/mol. The van der Waals surface area contributed by atoms with Crippen molar-refractivity contribution in [3.8, 4) is 0 Å². The molecule has 0 amide bonds. The van der Waals surface area contributed by atoms with Crippen LogP contribution >= 0.6 is 7.60 Å². The fourth-order valence-corrected chi connectivity index (χ4v) is 3.35. The van der Waals surface area contributed by atoms with Gasteiger partial charge in [0.05, 0.1) is 12.8 Å². The van der Waals surface area contributed by atoms with Gasteiger partial charge in [0.25, 0.3) is 0 Å². The van der Waals surface area contributed by atoms with Crippen LogP contribution in [0.3, 0.4) is 0 Å². The molecule has 110 valence electrons. The number of unbranched alkanes of at least 4 members (excludes halogenated alkanes) is 2. The lowest BCUT2D eigenvalue weighted by molar-refractivity contribution is -0.0726. The molecule has 0 rings (SSSR count). The molecule has 0 bridgehead atoms. The van der Waals surface area contributed by atoms with Gasteiger partial charge in [-0.05, 0) is 26.2 Å². The molecule has 0 aromatic heterocycles. The molecule has 18 heavy (non-hydrogen) atoms. The molecule has 0 aliphatic rings. The van der Waals surface area contributed by atoms with Crippen LogP contribution in [0, 0.1) is 0 Å². The molecule has 4 nitrogen and oxygen atoms in total. The van der Waals surface area contributed by atoms with Gasteiger partial charge in [-0.15, -0.1) is 0 Å². The van der Waals surface area contributed by atoms with E-state index < -0.39 is 7.60 Å². The summed E-state index contributed by atoms with van der Waals surface area (Å²) in [6.45, 7) is 10.2. The molecular formula is C13H30NO3P. The van der Waals surface area contributed by atoms with Gasteiger partial charge < -0.3 is 4.52 Å². The van der Waals surface area contributed by atoms with Gasteiger partial charge in [0.1, 0.15) is 0 Å². The van der Waals surface area contributed by atoms with Gasteiger partial charge in [0, 0.05) is 13.1 Å². The quantitative estimate of drug-likeness (QED) is 0.390. The Balaban J connectivity index is 4.41. The van der Waals surface area contributed by atoms with Crippen LogP contribution in [0.1, 0.15) is 59.8 Å². The average molecular weight is 279 g/mol. The summed E-state index contributed by atoms with van der Waals surface area (Å²) in [4.78, 5) is 0. The Labute approximate surface area is 113 Å². The number of hydrogen-bond donors (Lipinski definition) is 0. The molecule has 0 fully saturated rings. The van der Waals surface area contributed by atoms with Crippen molar-refractivity contribution in [2.45, 2.75) is 59.8 Å². The Morgan fingerprint density at radius 3 is 1.89 bits per heavy atom. The van der Waals surface area contributed by atoms with Crippen molar-refractivity contribution in [1.29, 1.82) is 0 Å². The zero-order chi connectivity index (χ0) is 13.9. The Hall–Kier alpha value is 0.110. The number of nitrogens with zero attached hydrogens (tertiary/aromatic N) is 1. The molecule has 1 unspecified atom stereocenters. The summed E-state index contributed by atoms with van der Waals surface area (Å²) in [5.41, 5.74) is 0. The van der Waals surface area contributed by atoms with E-state index in [0.29, 0.717) is 12.8 Å². The molecule has 0 heterocycles. The first-order valence-corrected chi connectivity index (χ1v) is 9.02. The molecule has 5 heteroatoms. The Morgan fingerprint density at radius 2 is 1.50 bits per heavy atom. The highest BCUT2D eigenvalue weighted by atomic mass is 31.2. The van der Waals surface area contributed by atoms with Crippen molar-refractivity contribution in [3.63, 3.8) is 0 Å². The summed E-state index contributed by atoms with van der Waals surface area (Å²) in [7, 11) is -2.93. The average Bonchev–Trinajstić information content (AvgIpc) is 2.33. The molecule has 0 radical (unpaired) electrons. The molecule has 0 aliphatic heterocycles. The lowest BCUT2D eigenvalue weighted by Gasteiger charge is -2.26. The molecule has 0 N–H and O–H groups in total. The highest BCUT2D eigenvalue weighted by Crippen LogP contribution is 2.49. The van der Waals surface area contributed by atoms with E-state index in [1.54, 1.807) is 0 Å². The van der Waals surface area contributed by atoms with E-state index in [1.807, 2.05) is 18.9 Å². The Bertz CT molecular complexity index is 218. The fraction of sp³-hybridized carbons (Fsp3) is 1.00. The van der Waals surface area contributed by atoms with Crippen molar-refractivity contribution in [2.75, 3.05) is 25.9 Å². The van der Waals surface area contributed by atoms with Crippen LogP contribution in [0.25, 0.3) is 0 Å². The highest BCUT2D eigenvalue weighted by molar-refractivity contribution is 7.53. The van der Waals surface area contributed by atoms with Crippen LogP contribution < -0.4 is 0 Å². The Kier molecular flexibility index (Phi) is 11.0. The minimum Gasteiger partial charge on any atom is -0.308 e. The van der Waals surface area contributed by atoms with Gasteiger partial charge in [-0.25, -0.2) is 4.62 Å². The predicted octanol–water partition coefficient (Wildman–Crippen LogP) is 4.46. The van der Waals surface area contributed by atoms with Crippen LogP contribution in [0.4, 0.5) is 0 Å². The molecular weight excluding hydrogens is 249 g/mol. The first kappa shape index (κ1) is 18.1. The number of rotatable bonds is 12. The van der Waals surface area contributed by atoms with E-state index in [-0.39, 0.29) is 0 Å². The van der Waals surface area contributed by atoms with Crippen molar-refractivity contribution in [3.05, 3.63) is 0 Å². The summed E-state index contributed by atoms with van der Waals surface area (Å²) in [5, 5.41) is 1.85. The summed E-state index contributed by atoms with van der Waals surface area (Å²) in [6, 6.07) is 0. The van der Waals surface area contributed by atoms with E-state index in [4.69, 9.17) is 9.15 Å². The molecule has 0 spiro atoms. The van der Waals surface area contributed by atoms with Crippen LogP contribution in [-0.2, 0) is 13.7 Å². The van der Waals surface area contributed by atoms with Crippen LogP contribution in [0.2, 0.25) is 0 Å². The van der Waals surface area contributed by atoms with E-state index >= 15 is 0 Å². The largest absolute Gasteiger partial charge is 0.347 e. The zero-order valence-electron chi connectivity index (χ0n) is 12.5. The molecule has 0 aromatic carbocycles. The summed E-state index contributed by atoms with van der Waals surface area (Å²) in [5.74, 6) is 0. The Morgan fingerprint density at radius 1 is 0.944 bits per heavy atom. The number of hydroxylamine groups is 2. The van der Waals surface area contributed by atoms with Crippen LogP contribution in [-0.4, -0.2) is 30.9 Å². The predicted molar refractivity (Wildman–Crippen MR) is 76.9 cm³/mol. The molecule has 1 atom stereocenters. The van der Waals surface area contributed by atoms with E-state index in [0.717, 1.165) is 45.2 Å². The van der Waals surface area contributed by atoms with Crippen LogP contribution in [0.5, 0.6) is 0 Å². The SMILES string of the molecule is CCCCN(CCCC)OP(=O)(CCC)OCC. The third-order valence-electron chi connectivity index (χ3n) is 2.59. The maximum atomic E-state index is 12.5. The van der Waals surface area contributed by atoms with Crippen molar-refractivity contribution in [2.24, 2.45) is 0 Å². The highest BCUT2D eigenvalue weighted by Gasteiger charge is 2.26. The third-order valence-corrected chi connectivity index (χ3v) is 4.71. The van der Waals surface area contributed by atoms with Gasteiger partial charge in [0.2, 0.25) is 0 Å². The van der Waals surface area contributed by atoms with Gasteiger partial charge in [0.15, 0.2) is 0 Å². The second kappa shape index (κ2) is 11.0. The van der Waals surface area contributed by atoms with Gasteiger partial charge in [-0.2, -0.15) is 5.06 Å². The van der Waals surface area contributed by atoms with Gasteiger partial charge >= 0.3 is 7.60 Å². The molecule has 0 aromatic rings. The lowest BCUT2D eigenvalue weighted by Crippen LogP contribution is -2.26. The second-order valence-electron chi connectivity index (χ2n) is 4.47. The minimum absolute atomic E-state index is 0.437. The van der Waals surface area contributed by atoms with Gasteiger partial charge in [-0.3, -0.25) is 4.57 Å². The van der Waals surface area contributed by atoms with E-state index in [2.05, 4.69) is 13.8 Å². The summed E-state index contributed by atoms with van der Waals surface area (Å²) < 4.78 is 23.5. The molecule has 0 saturated carbocycles. The summed E-state index contributed by atoms with van der Waals surface area (Å²) in [6.07, 6.45) is 5.64. The lowest BCUT2D eigenvalue weighted by atomic mass is 10.3. The fourth-order valence-electron chi connectivity index (χ4n) is 1.64. The number of hydrogen-bond acceptors (Lipinski definition) is 4. The van der Waals surface area contributed by atoms with Crippen LogP contribution in [0.15, 0.2) is 0 Å². The topological polar surface area (TPSA) is 38.8 Å². The standard InChI is InChI=1S/C13H30NO3P/c1-5-9-11-14(12-10-6-2)17-18(15,13-7-3)16-8-4/h5-13H2,1-4H3. The molecule has 0 saturated heterocycles.